The van der Waals surface area contributed by atoms with Crippen LogP contribution >= 0.6 is 0 Å². The second-order valence-electron chi connectivity index (χ2n) is 18.8. The number of rotatable bonds is 22. The summed E-state index contributed by atoms with van der Waals surface area (Å²) in [5.41, 5.74) is 0.800. The van der Waals surface area contributed by atoms with Crippen LogP contribution in [0.3, 0.4) is 0 Å². The Morgan fingerprint density at radius 3 is 1.06 bits per heavy atom. The molecule has 0 aromatic heterocycles. The molecule has 0 radical (unpaired) electrons. The number of carbonyl (C=O) groups is 2. The van der Waals surface area contributed by atoms with E-state index >= 15 is 0 Å². The van der Waals surface area contributed by atoms with Crippen molar-refractivity contribution in [1.29, 1.82) is 0 Å². The Balaban J connectivity index is 0. The molecule has 296 valence electrons. The summed E-state index contributed by atoms with van der Waals surface area (Å²) in [6, 6.07) is 1.42. The van der Waals surface area contributed by atoms with Gasteiger partial charge in [-0.3, -0.25) is 0 Å². The molecule has 0 atom stereocenters. The molecular weight excluding hydrogens is 769 g/mol. The molecule has 0 unspecified atom stereocenters. The maximum absolute atomic E-state index is 11.6. The molecule has 0 spiro atoms. The smallest absolute Gasteiger partial charge is 0.469 e. The molecule has 0 aliphatic carbocycles. The number of hydrogen-bond donors (Lipinski definition) is 1. The van der Waals surface area contributed by atoms with E-state index in [1.807, 2.05) is 0 Å². The van der Waals surface area contributed by atoms with Crippen molar-refractivity contribution in [2.75, 3.05) is 6.61 Å². The Hall–Kier alpha value is -0.0849. The summed E-state index contributed by atoms with van der Waals surface area (Å²) in [6.45, 7) is 46.2. The van der Waals surface area contributed by atoms with Gasteiger partial charge in [0, 0.05) is 23.2 Å². The summed E-state index contributed by atoms with van der Waals surface area (Å²) in [5.74, 6) is -1.21. The molecule has 0 heterocycles. The number of carboxylic acid groups (broad SMARTS) is 1. The van der Waals surface area contributed by atoms with Gasteiger partial charge in [0.1, 0.15) is 0 Å². The van der Waals surface area contributed by atoms with Gasteiger partial charge in [0.05, 0.1) is 6.61 Å². The second kappa shape index (κ2) is 20.6. The third kappa shape index (κ3) is 29.4. The summed E-state index contributed by atoms with van der Waals surface area (Å²) in [6.07, 6.45) is 3.96. The normalized spacial score (nSPS) is 14.2. The van der Waals surface area contributed by atoms with Crippen molar-refractivity contribution in [3.8, 4) is 0 Å². The number of hydrogen-bond acceptors (Lipinski definition) is 9. The average Bonchev–Trinajstić information content (AvgIpc) is 2.77. The summed E-state index contributed by atoms with van der Waals surface area (Å²) in [5, 5.41) is 8.98. The topological polar surface area (TPSA) is 119 Å². The highest BCUT2D eigenvalue weighted by Gasteiger charge is 2.50. The number of carbonyl (C=O) groups excluding carboxylic acids is 1. The monoisotopic (exact) mass is 844 g/mol. The van der Waals surface area contributed by atoms with E-state index in [0.717, 1.165) is 12.5 Å². The van der Waals surface area contributed by atoms with Crippen LogP contribution in [0.2, 0.25) is 130 Å². The molecule has 18 heteroatoms. The molecule has 0 rings (SSSR count). The maximum Gasteiger partial charge on any atom is 0.469 e. The molecule has 1 N–H and O–H groups in total. The quantitative estimate of drug-likeness (QED) is 0.0488. The van der Waals surface area contributed by atoms with Crippen LogP contribution in [0.5, 0.6) is 0 Å². The van der Waals surface area contributed by atoms with Crippen LogP contribution in [0.1, 0.15) is 33.1 Å². The van der Waals surface area contributed by atoms with E-state index in [1.54, 1.807) is 19.9 Å². The SMILES string of the molecule is C=C(C)C(=O)OCCC[Si](O[Si](C)(C)C)(O[Si](C)(C)C)O[Si](C)(C)C.CC(=CCCC[Si](O[Si](C)(C)C)(O[Si](C)(C)C)O[Si](C)(C)C)C(=O)O. The molecule has 0 aliphatic rings. The summed E-state index contributed by atoms with van der Waals surface area (Å²) < 4.78 is 44.8. The van der Waals surface area contributed by atoms with Crippen LogP contribution in [-0.4, -0.2) is 91.2 Å². The lowest BCUT2D eigenvalue weighted by molar-refractivity contribution is -0.139. The van der Waals surface area contributed by atoms with Crippen molar-refractivity contribution in [3.63, 3.8) is 0 Å². The van der Waals surface area contributed by atoms with Crippen LogP contribution in [-0.2, 0) is 39.0 Å². The van der Waals surface area contributed by atoms with E-state index in [0.29, 0.717) is 36.6 Å². The maximum atomic E-state index is 11.6. The Labute approximate surface area is 315 Å². The van der Waals surface area contributed by atoms with Crippen molar-refractivity contribution in [3.05, 3.63) is 23.8 Å². The van der Waals surface area contributed by atoms with Gasteiger partial charge in [0.2, 0.25) is 0 Å². The highest BCUT2D eigenvalue weighted by Crippen LogP contribution is 2.31. The summed E-state index contributed by atoms with van der Waals surface area (Å²) in [7, 11) is -16.7. The van der Waals surface area contributed by atoms with Gasteiger partial charge in [0.25, 0.3) is 0 Å². The number of ether oxygens (including phenoxy) is 1. The van der Waals surface area contributed by atoms with E-state index in [4.69, 9.17) is 34.5 Å². The molecule has 10 nitrogen and oxygen atoms in total. The van der Waals surface area contributed by atoms with E-state index in [9.17, 15) is 9.59 Å². The van der Waals surface area contributed by atoms with E-state index in [-0.39, 0.29) is 5.97 Å². The van der Waals surface area contributed by atoms with E-state index in [2.05, 4.69) is 124 Å². The molecule has 0 aromatic carbocycles. The molecule has 0 saturated carbocycles. The summed E-state index contributed by atoms with van der Waals surface area (Å²) >= 11 is 0. The lowest BCUT2D eigenvalue weighted by Gasteiger charge is -2.43. The van der Waals surface area contributed by atoms with Gasteiger partial charge in [-0.15, -0.1) is 0 Å². The Bertz CT molecular complexity index is 1030. The molecule has 0 fully saturated rings. The zero-order valence-electron chi connectivity index (χ0n) is 35.6. The van der Waals surface area contributed by atoms with Crippen LogP contribution < -0.4 is 0 Å². The van der Waals surface area contributed by atoms with Gasteiger partial charge in [-0.1, -0.05) is 12.7 Å². The third-order valence-electron chi connectivity index (χ3n) is 5.45. The predicted molar refractivity (Wildman–Crippen MR) is 229 cm³/mol. The van der Waals surface area contributed by atoms with Crippen molar-refractivity contribution >= 4 is 79.5 Å². The van der Waals surface area contributed by atoms with Crippen LogP contribution in [0.25, 0.3) is 0 Å². The van der Waals surface area contributed by atoms with Crippen molar-refractivity contribution in [2.24, 2.45) is 0 Å². The fourth-order valence-corrected chi connectivity index (χ4v) is 33.8. The van der Waals surface area contributed by atoms with E-state index < -0.39 is 73.5 Å². The Kier molecular flexibility index (Phi) is 21.4. The van der Waals surface area contributed by atoms with Crippen molar-refractivity contribution in [2.45, 2.75) is 163 Å². The molecule has 0 aromatic rings. The van der Waals surface area contributed by atoms with Crippen LogP contribution in [0.15, 0.2) is 23.8 Å². The van der Waals surface area contributed by atoms with Gasteiger partial charge >= 0.3 is 29.5 Å². The highest BCUT2D eigenvalue weighted by molar-refractivity contribution is 6.91. The Morgan fingerprint density at radius 1 is 0.540 bits per heavy atom. The van der Waals surface area contributed by atoms with Crippen molar-refractivity contribution < 1.29 is 44.1 Å². The minimum absolute atomic E-state index is 0.333. The van der Waals surface area contributed by atoms with Crippen LogP contribution in [0, 0.1) is 0 Å². The van der Waals surface area contributed by atoms with E-state index in [1.165, 1.54) is 0 Å². The minimum Gasteiger partial charge on any atom is -0.478 e. The highest BCUT2D eigenvalue weighted by atomic mass is 28.5. The lowest BCUT2D eigenvalue weighted by atomic mass is 10.2. The van der Waals surface area contributed by atoms with Crippen LogP contribution in [0.4, 0.5) is 0 Å². The zero-order chi connectivity index (χ0) is 40.2. The van der Waals surface area contributed by atoms with Gasteiger partial charge < -0.3 is 34.5 Å². The zero-order valence-corrected chi connectivity index (χ0v) is 43.6. The fourth-order valence-electron chi connectivity index (χ4n) is 4.53. The molecule has 0 saturated heterocycles. The number of carboxylic acids is 1. The number of unbranched alkanes of at least 4 members (excludes halogenated alkanes) is 1. The minimum atomic E-state index is -2.83. The molecule has 50 heavy (non-hydrogen) atoms. The third-order valence-corrected chi connectivity index (χ3v) is 29.5. The largest absolute Gasteiger partial charge is 0.478 e. The molecule has 0 aliphatic heterocycles. The first kappa shape index (κ1) is 52.0. The Morgan fingerprint density at radius 2 is 0.820 bits per heavy atom. The number of aliphatic carboxylic acids is 1. The standard InChI is InChI=1S/2C16H38O5Si4/c1-15(2)16(17)18-13-12-14-25(19-22(3,4)5,20-23(6,7)8)21-24(9,10)11;1-15(16(17)18)13-11-12-14-25(19-22(2,3)4,20-23(5,6)7)21-24(8,9)10/h1,12-14H2,2-11H3;13H,11-12,14H2,1-10H3,(H,17,18). The molecular formula is C32H76O10Si8. The lowest BCUT2D eigenvalue weighted by Crippen LogP contribution is -2.60. The van der Waals surface area contributed by atoms with Gasteiger partial charge in [0.15, 0.2) is 49.9 Å². The first-order valence-corrected chi connectivity index (χ1v) is 42.1. The second-order valence-corrected chi connectivity index (χ2v) is 52.7. The first-order chi connectivity index (χ1) is 21.9. The predicted octanol–water partition coefficient (Wildman–Crippen LogP) is 10.3. The average molecular weight is 846 g/mol. The number of esters is 1. The van der Waals surface area contributed by atoms with Gasteiger partial charge in [-0.25, -0.2) is 9.59 Å². The van der Waals surface area contributed by atoms with Gasteiger partial charge in [-0.2, -0.15) is 0 Å². The van der Waals surface area contributed by atoms with Gasteiger partial charge in [-0.05, 0) is 151 Å². The van der Waals surface area contributed by atoms with Crippen molar-refractivity contribution in [1.82, 2.24) is 0 Å². The fraction of sp³-hybridized carbons (Fsp3) is 0.812. The summed E-state index contributed by atoms with van der Waals surface area (Å²) in [4.78, 5) is 22.5. The molecule has 0 bridgehead atoms. The number of allylic oxidation sites excluding steroid dienone is 1. The first-order valence-electron chi connectivity index (χ1n) is 17.8. The molecule has 0 amide bonds.